The molecule has 82 valence electrons. The van der Waals surface area contributed by atoms with Gasteiger partial charge in [0.25, 0.3) is 6.43 Å². The van der Waals surface area contributed by atoms with Crippen molar-refractivity contribution in [1.82, 2.24) is 0 Å². The monoisotopic (exact) mass is 214 g/mol. The maximum Gasteiger partial charge on any atom is 0.268 e. The second kappa shape index (κ2) is 4.38. The van der Waals surface area contributed by atoms with E-state index in [0.29, 0.717) is 0 Å². The summed E-state index contributed by atoms with van der Waals surface area (Å²) in [6.07, 6.45) is -2.71. The van der Waals surface area contributed by atoms with Gasteiger partial charge in [-0.1, -0.05) is 0 Å². The zero-order valence-corrected chi connectivity index (χ0v) is 8.80. The topological polar surface area (TPSA) is 26.3 Å². The molecule has 0 saturated heterocycles. The fourth-order valence-corrected chi connectivity index (χ4v) is 1.45. The third-order valence-electron chi connectivity index (χ3n) is 2.10. The molecule has 0 bridgehead atoms. The van der Waals surface area contributed by atoms with Gasteiger partial charge in [-0.15, -0.1) is 0 Å². The van der Waals surface area contributed by atoms with Crippen LogP contribution < -0.4 is 4.74 Å². The minimum atomic E-state index is -2.71. The van der Waals surface area contributed by atoms with E-state index in [0.717, 1.165) is 5.56 Å². The van der Waals surface area contributed by atoms with Crippen molar-refractivity contribution in [3.8, 4) is 5.75 Å². The number of hydrogen-bond donors (Lipinski definition) is 0. The lowest BCUT2D eigenvalue weighted by Gasteiger charge is -2.12. The quantitative estimate of drug-likeness (QED) is 0.722. The molecular weight excluding hydrogens is 202 g/mol. The molecule has 0 saturated carbocycles. The zero-order valence-electron chi connectivity index (χ0n) is 8.80. The highest BCUT2D eigenvalue weighted by Gasteiger charge is 2.21. The van der Waals surface area contributed by atoms with E-state index in [-0.39, 0.29) is 22.7 Å². The van der Waals surface area contributed by atoms with Crippen LogP contribution in [0.4, 0.5) is 8.78 Å². The van der Waals surface area contributed by atoms with E-state index in [9.17, 15) is 13.6 Å². The number of benzene rings is 1. The van der Waals surface area contributed by atoms with Crippen molar-refractivity contribution in [2.75, 3.05) is 7.11 Å². The first kappa shape index (κ1) is 11.6. The van der Waals surface area contributed by atoms with E-state index in [1.54, 1.807) is 6.92 Å². The van der Waals surface area contributed by atoms with Gasteiger partial charge in [0.15, 0.2) is 5.78 Å². The number of methoxy groups -OCH3 is 1. The molecular formula is C11H12F2O2. The predicted molar refractivity (Wildman–Crippen MR) is 52.7 cm³/mol. The molecule has 0 aliphatic carbocycles. The number of carbonyl (C=O) groups is 1. The summed E-state index contributed by atoms with van der Waals surface area (Å²) in [4.78, 5) is 11.2. The molecule has 15 heavy (non-hydrogen) atoms. The van der Waals surface area contributed by atoms with Crippen molar-refractivity contribution in [2.45, 2.75) is 20.3 Å². The van der Waals surface area contributed by atoms with Crippen molar-refractivity contribution in [3.63, 3.8) is 0 Å². The van der Waals surface area contributed by atoms with Gasteiger partial charge in [0.05, 0.1) is 12.7 Å². The highest BCUT2D eigenvalue weighted by Crippen LogP contribution is 2.33. The molecule has 0 N–H and O–H groups in total. The van der Waals surface area contributed by atoms with Crippen LogP contribution in [0, 0.1) is 6.92 Å². The van der Waals surface area contributed by atoms with Crippen LogP contribution in [0.5, 0.6) is 5.75 Å². The van der Waals surface area contributed by atoms with Gasteiger partial charge in [-0.2, -0.15) is 0 Å². The molecule has 0 unspecified atom stereocenters. The van der Waals surface area contributed by atoms with Gasteiger partial charge < -0.3 is 4.74 Å². The van der Waals surface area contributed by atoms with E-state index in [4.69, 9.17) is 4.74 Å². The Morgan fingerprint density at radius 3 is 2.40 bits per heavy atom. The number of aryl methyl sites for hydroxylation is 1. The molecule has 0 heterocycles. The van der Waals surface area contributed by atoms with Gasteiger partial charge in [0.2, 0.25) is 0 Å². The van der Waals surface area contributed by atoms with Gasteiger partial charge >= 0.3 is 0 Å². The van der Waals surface area contributed by atoms with Gasteiger partial charge in [-0.25, -0.2) is 8.78 Å². The standard InChI is InChI=1S/C11H12F2O2/c1-6-4-8(7(2)14)10(11(12)13)9(5-6)15-3/h4-5,11H,1-3H3. The number of ketones is 1. The zero-order chi connectivity index (χ0) is 11.6. The number of alkyl halides is 2. The van der Waals surface area contributed by atoms with Crippen molar-refractivity contribution in [3.05, 3.63) is 28.8 Å². The number of rotatable bonds is 3. The molecule has 1 aromatic carbocycles. The van der Waals surface area contributed by atoms with E-state index in [2.05, 4.69) is 0 Å². The number of ether oxygens (including phenoxy) is 1. The maximum atomic E-state index is 12.7. The summed E-state index contributed by atoms with van der Waals surface area (Å²) < 4.78 is 30.3. The van der Waals surface area contributed by atoms with Crippen LogP contribution in [0.25, 0.3) is 0 Å². The molecule has 0 aromatic heterocycles. The van der Waals surface area contributed by atoms with Gasteiger partial charge in [0.1, 0.15) is 5.75 Å². The first-order valence-corrected chi connectivity index (χ1v) is 4.45. The van der Waals surface area contributed by atoms with Crippen LogP contribution in [0.15, 0.2) is 12.1 Å². The highest BCUT2D eigenvalue weighted by atomic mass is 19.3. The van der Waals surface area contributed by atoms with E-state index >= 15 is 0 Å². The molecule has 0 amide bonds. The Kier molecular flexibility index (Phi) is 3.39. The summed E-state index contributed by atoms with van der Waals surface area (Å²) >= 11 is 0. The average Bonchev–Trinajstić information content (AvgIpc) is 2.15. The minimum absolute atomic E-state index is 0.0295. The van der Waals surface area contributed by atoms with Crippen molar-refractivity contribution >= 4 is 5.78 Å². The number of halogens is 2. The molecule has 0 aliphatic heterocycles. The van der Waals surface area contributed by atoms with Gasteiger partial charge in [-0.05, 0) is 31.5 Å². The Morgan fingerprint density at radius 2 is 2.00 bits per heavy atom. The molecule has 1 rings (SSSR count). The minimum Gasteiger partial charge on any atom is -0.496 e. The number of hydrogen-bond acceptors (Lipinski definition) is 2. The lowest BCUT2D eigenvalue weighted by atomic mass is 10.0. The molecule has 0 radical (unpaired) electrons. The summed E-state index contributed by atoms with van der Waals surface area (Å²) in [5.74, 6) is -0.317. The third kappa shape index (κ3) is 2.32. The first-order chi connectivity index (χ1) is 6.97. The molecule has 0 atom stereocenters. The Bertz CT molecular complexity index is 386. The van der Waals surface area contributed by atoms with Crippen LogP contribution >= 0.6 is 0 Å². The number of carbonyl (C=O) groups excluding carboxylic acids is 1. The lowest BCUT2D eigenvalue weighted by molar-refractivity contribution is 0.0996. The van der Waals surface area contributed by atoms with Crippen LogP contribution in [0.2, 0.25) is 0 Å². The highest BCUT2D eigenvalue weighted by molar-refractivity contribution is 5.96. The fourth-order valence-electron chi connectivity index (χ4n) is 1.45. The summed E-state index contributed by atoms with van der Waals surface area (Å²) in [5.41, 5.74) is 0.430. The molecule has 4 heteroatoms. The third-order valence-corrected chi connectivity index (χ3v) is 2.10. The van der Waals surface area contributed by atoms with Crippen LogP contribution in [0.3, 0.4) is 0 Å². The SMILES string of the molecule is COc1cc(C)cc(C(C)=O)c1C(F)F. The Balaban J connectivity index is 3.47. The fraction of sp³-hybridized carbons (Fsp3) is 0.364. The van der Waals surface area contributed by atoms with Crippen LogP contribution in [-0.4, -0.2) is 12.9 Å². The molecule has 0 spiro atoms. The van der Waals surface area contributed by atoms with Crippen molar-refractivity contribution < 1.29 is 18.3 Å². The average molecular weight is 214 g/mol. The van der Waals surface area contributed by atoms with Gasteiger partial charge in [0, 0.05) is 5.56 Å². The van der Waals surface area contributed by atoms with E-state index in [1.807, 2.05) is 0 Å². The Hall–Kier alpha value is -1.45. The predicted octanol–water partition coefficient (Wildman–Crippen LogP) is 3.14. The Morgan fingerprint density at radius 1 is 1.40 bits per heavy atom. The second-order valence-corrected chi connectivity index (χ2v) is 3.29. The smallest absolute Gasteiger partial charge is 0.268 e. The molecule has 2 nitrogen and oxygen atoms in total. The summed E-state index contributed by atoms with van der Waals surface area (Å²) in [5, 5.41) is 0. The molecule has 1 aromatic rings. The first-order valence-electron chi connectivity index (χ1n) is 4.45. The molecule has 0 aliphatic rings. The van der Waals surface area contributed by atoms with Crippen LogP contribution in [0.1, 0.15) is 34.8 Å². The summed E-state index contributed by atoms with van der Waals surface area (Å²) in [6, 6.07) is 2.94. The van der Waals surface area contributed by atoms with Crippen LogP contribution in [-0.2, 0) is 0 Å². The normalized spacial score (nSPS) is 10.5. The second-order valence-electron chi connectivity index (χ2n) is 3.29. The van der Waals surface area contributed by atoms with E-state index < -0.39 is 6.43 Å². The molecule has 0 fully saturated rings. The summed E-state index contributed by atoms with van der Waals surface area (Å²) in [7, 11) is 1.31. The maximum absolute atomic E-state index is 12.7. The number of Topliss-reactive ketones (excluding diaryl/α,β-unsaturated/α-hetero) is 1. The Labute approximate surface area is 86.9 Å². The lowest BCUT2D eigenvalue weighted by Crippen LogP contribution is -2.04. The summed E-state index contributed by atoms with van der Waals surface area (Å²) in [6.45, 7) is 2.99. The largest absolute Gasteiger partial charge is 0.496 e. The van der Waals surface area contributed by atoms with Crippen molar-refractivity contribution in [1.29, 1.82) is 0 Å². The van der Waals surface area contributed by atoms with E-state index in [1.165, 1.54) is 26.2 Å². The van der Waals surface area contributed by atoms with Crippen molar-refractivity contribution in [2.24, 2.45) is 0 Å². The van der Waals surface area contributed by atoms with Gasteiger partial charge in [-0.3, -0.25) is 4.79 Å².